The summed E-state index contributed by atoms with van der Waals surface area (Å²) in [6, 6.07) is 1.50. The maximum Gasteiger partial charge on any atom is 0.273 e. The molecular weight excluding hydrogens is 272 g/mol. The van der Waals surface area contributed by atoms with Crippen molar-refractivity contribution >= 4 is 11.8 Å². The SMILES string of the molecule is CC(C)CN1CC(O)CN(C(=O)c2ccncn2)CC1=O. The van der Waals surface area contributed by atoms with Gasteiger partial charge in [0.25, 0.3) is 5.91 Å². The van der Waals surface area contributed by atoms with Crippen molar-refractivity contribution in [2.75, 3.05) is 26.2 Å². The zero-order valence-electron chi connectivity index (χ0n) is 12.3. The fourth-order valence-electron chi connectivity index (χ4n) is 2.35. The van der Waals surface area contributed by atoms with Crippen molar-refractivity contribution in [3.05, 3.63) is 24.3 Å². The molecule has 1 saturated heterocycles. The molecule has 0 aromatic carbocycles. The van der Waals surface area contributed by atoms with Gasteiger partial charge in [-0.25, -0.2) is 9.97 Å². The Morgan fingerprint density at radius 1 is 1.48 bits per heavy atom. The summed E-state index contributed by atoms with van der Waals surface area (Å²) in [7, 11) is 0. The number of aliphatic hydroxyl groups is 1. The molecule has 7 nitrogen and oxygen atoms in total. The number of hydrogen-bond donors (Lipinski definition) is 1. The van der Waals surface area contributed by atoms with Gasteiger partial charge < -0.3 is 14.9 Å². The summed E-state index contributed by atoms with van der Waals surface area (Å²) in [5.74, 6) is -0.205. The lowest BCUT2D eigenvalue weighted by atomic mass is 10.2. The van der Waals surface area contributed by atoms with Gasteiger partial charge in [0, 0.05) is 25.8 Å². The van der Waals surface area contributed by atoms with Crippen LogP contribution in [0.3, 0.4) is 0 Å². The second kappa shape index (κ2) is 6.62. The van der Waals surface area contributed by atoms with Crippen LogP contribution in [0.4, 0.5) is 0 Å². The number of hydrogen-bond acceptors (Lipinski definition) is 5. The highest BCUT2D eigenvalue weighted by atomic mass is 16.3. The lowest BCUT2D eigenvalue weighted by molar-refractivity contribution is -0.131. The fourth-order valence-corrected chi connectivity index (χ4v) is 2.35. The van der Waals surface area contributed by atoms with Crippen molar-refractivity contribution in [2.45, 2.75) is 20.0 Å². The topological polar surface area (TPSA) is 86.6 Å². The highest BCUT2D eigenvalue weighted by Crippen LogP contribution is 2.10. The molecule has 1 aliphatic rings. The first-order valence-corrected chi connectivity index (χ1v) is 6.98. The van der Waals surface area contributed by atoms with Gasteiger partial charge in [0.15, 0.2) is 0 Å². The lowest BCUT2D eigenvalue weighted by Gasteiger charge is -2.23. The summed E-state index contributed by atoms with van der Waals surface area (Å²) in [6.07, 6.45) is 2.01. The molecule has 2 heterocycles. The number of nitrogens with zero attached hydrogens (tertiary/aromatic N) is 4. The van der Waals surface area contributed by atoms with E-state index in [1.54, 1.807) is 4.90 Å². The van der Waals surface area contributed by atoms with Crippen LogP contribution < -0.4 is 0 Å². The molecule has 0 aliphatic carbocycles. The van der Waals surface area contributed by atoms with Crippen LogP contribution in [0, 0.1) is 5.92 Å². The molecule has 2 amide bonds. The molecule has 0 saturated carbocycles. The molecule has 1 aromatic heterocycles. The zero-order valence-corrected chi connectivity index (χ0v) is 12.3. The second-order valence-corrected chi connectivity index (χ2v) is 5.63. The second-order valence-electron chi connectivity index (χ2n) is 5.63. The Morgan fingerprint density at radius 3 is 2.86 bits per heavy atom. The van der Waals surface area contributed by atoms with E-state index in [2.05, 4.69) is 9.97 Å². The molecular formula is C14H20N4O3. The van der Waals surface area contributed by atoms with Crippen LogP contribution in [0.15, 0.2) is 18.6 Å². The third-order valence-corrected chi connectivity index (χ3v) is 3.21. The van der Waals surface area contributed by atoms with Gasteiger partial charge in [0.1, 0.15) is 18.6 Å². The van der Waals surface area contributed by atoms with Gasteiger partial charge in [-0.3, -0.25) is 9.59 Å². The number of β-amino-alcohol motifs (C(OH)–C–C–N with tert-alkyl or cyclic N) is 1. The predicted octanol–water partition coefficient (Wildman–Crippen LogP) is -0.222. The summed E-state index contributed by atoms with van der Waals surface area (Å²) >= 11 is 0. The number of rotatable bonds is 3. The molecule has 1 aromatic rings. The third kappa shape index (κ3) is 3.98. The minimum absolute atomic E-state index is 0.0351. The van der Waals surface area contributed by atoms with E-state index >= 15 is 0 Å². The maximum atomic E-state index is 12.3. The Morgan fingerprint density at radius 2 is 2.24 bits per heavy atom. The highest BCUT2D eigenvalue weighted by molar-refractivity contribution is 5.95. The minimum Gasteiger partial charge on any atom is -0.389 e. The fraction of sp³-hybridized carbons (Fsp3) is 0.571. The van der Waals surface area contributed by atoms with Crippen molar-refractivity contribution < 1.29 is 14.7 Å². The number of aliphatic hydroxyl groups excluding tert-OH is 1. The van der Waals surface area contributed by atoms with Gasteiger partial charge >= 0.3 is 0 Å². The summed E-state index contributed by atoms with van der Waals surface area (Å²) < 4.78 is 0. The smallest absolute Gasteiger partial charge is 0.273 e. The highest BCUT2D eigenvalue weighted by Gasteiger charge is 2.30. The largest absolute Gasteiger partial charge is 0.389 e. The molecule has 1 fully saturated rings. The van der Waals surface area contributed by atoms with Gasteiger partial charge in [-0.15, -0.1) is 0 Å². The van der Waals surface area contributed by atoms with E-state index in [0.29, 0.717) is 12.5 Å². The molecule has 2 rings (SSSR count). The van der Waals surface area contributed by atoms with Crippen LogP contribution in [-0.2, 0) is 4.79 Å². The average Bonchev–Trinajstić information content (AvgIpc) is 2.58. The van der Waals surface area contributed by atoms with E-state index in [1.807, 2.05) is 13.8 Å². The van der Waals surface area contributed by atoms with Gasteiger partial charge in [0.2, 0.25) is 5.91 Å². The van der Waals surface area contributed by atoms with Crippen LogP contribution >= 0.6 is 0 Å². The number of carbonyl (C=O) groups is 2. The van der Waals surface area contributed by atoms with E-state index in [1.165, 1.54) is 23.5 Å². The van der Waals surface area contributed by atoms with Crippen molar-refractivity contribution in [3.63, 3.8) is 0 Å². The van der Waals surface area contributed by atoms with Crippen molar-refractivity contribution in [1.82, 2.24) is 19.8 Å². The Kier molecular flexibility index (Phi) is 4.85. The quantitative estimate of drug-likeness (QED) is 0.832. The normalized spacial score (nSPS) is 19.8. The van der Waals surface area contributed by atoms with Gasteiger partial charge in [-0.05, 0) is 12.0 Å². The van der Waals surface area contributed by atoms with E-state index < -0.39 is 6.10 Å². The van der Waals surface area contributed by atoms with Crippen molar-refractivity contribution in [1.29, 1.82) is 0 Å². The van der Waals surface area contributed by atoms with Crippen LogP contribution in [0.1, 0.15) is 24.3 Å². The van der Waals surface area contributed by atoms with E-state index in [0.717, 1.165) is 0 Å². The minimum atomic E-state index is -0.749. The first-order valence-electron chi connectivity index (χ1n) is 6.98. The average molecular weight is 292 g/mol. The molecule has 1 N–H and O–H groups in total. The molecule has 21 heavy (non-hydrogen) atoms. The van der Waals surface area contributed by atoms with E-state index in [-0.39, 0.29) is 37.1 Å². The molecule has 0 spiro atoms. The first kappa shape index (κ1) is 15.4. The maximum absolute atomic E-state index is 12.3. The van der Waals surface area contributed by atoms with Crippen LogP contribution in [0.2, 0.25) is 0 Å². The number of aromatic nitrogens is 2. The molecule has 0 bridgehead atoms. The first-order chi connectivity index (χ1) is 9.97. The van der Waals surface area contributed by atoms with Crippen LogP contribution in [-0.4, -0.2) is 69.0 Å². The van der Waals surface area contributed by atoms with Gasteiger partial charge in [-0.2, -0.15) is 0 Å². The molecule has 1 atom stereocenters. The van der Waals surface area contributed by atoms with Gasteiger partial charge in [0.05, 0.1) is 6.10 Å². The Labute approximate surface area is 123 Å². The standard InChI is InChI=1S/C14H20N4O3/c1-10(2)5-17-6-11(19)7-18(8-13(17)20)14(21)12-3-4-15-9-16-12/h3-4,9-11,19H,5-8H2,1-2H3. The van der Waals surface area contributed by atoms with Crippen molar-refractivity contribution in [2.24, 2.45) is 5.92 Å². The molecule has 0 radical (unpaired) electrons. The van der Waals surface area contributed by atoms with Crippen LogP contribution in [0.5, 0.6) is 0 Å². The zero-order chi connectivity index (χ0) is 15.4. The summed E-state index contributed by atoms with van der Waals surface area (Å²) in [4.78, 5) is 35.2. The predicted molar refractivity (Wildman–Crippen MR) is 75.4 cm³/mol. The van der Waals surface area contributed by atoms with E-state index in [4.69, 9.17) is 0 Å². The lowest BCUT2D eigenvalue weighted by Crippen LogP contribution is -2.40. The van der Waals surface area contributed by atoms with Crippen molar-refractivity contribution in [3.8, 4) is 0 Å². The Bertz CT molecular complexity index is 506. The Balaban J connectivity index is 2.12. The summed E-state index contributed by atoms with van der Waals surface area (Å²) in [5, 5.41) is 10.0. The summed E-state index contributed by atoms with van der Waals surface area (Å²) in [6.45, 7) is 4.94. The molecule has 1 unspecified atom stereocenters. The number of carbonyl (C=O) groups excluding carboxylic acids is 2. The van der Waals surface area contributed by atoms with E-state index in [9.17, 15) is 14.7 Å². The molecule has 7 heteroatoms. The van der Waals surface area contributed by atoms with Crippen LogP contribution in [0.25, 0.3) is 0 Å². The van der Waals surface area contributed by atoms with Gasteiger partial charge in [-0.1, -0.05) is 13.8 Å². The monoisotopic (exact) mass is 292 g/mol. The molecule has 114 valence electrons. The third-order valence-electron chi connectivity index (χ3n) is 3.21. The number of amides is 2. The summed E-state index contributed by atoms with van der Waals surface area (Å²) in [5.41, 5.74) is 0.224. The molecule has 1 aliphatic heterocycles. The Hall–Kier alpha value is -2.02.